The molecule has 1 amide bonds. The molecule has 0 unspecified atom stereocenters. The third-order valence-electron chi connectivity index (χ3n) is 5.37. The largest absolute Gasteiger partial charge is 0.416 e. The monoisotopic (exact) mass is 430 g/mol. The lowest BCUT2D eigenvalue weighted by Crippen LogP contribution is -2.31. The van der Waals surface area contributed by atoms with Gasteiger partial charge in [0.25, 0.3) is 0 Å². The molecule has 1 aromatic carbocycles. The first-order valence-corrected chi connectivity index (χ1v) is 10.0. The van der Waals surface area contributed by atoms with Crippen molar-refractivity contribution < 1.29 is 18.0 Å². The van der Waals surface area contributed by atoms with Crippen molar-refractivity contribution >= 4 is 5.91 Å². The molecule has 1 aliphatic rings. The van der Waals surface area contributed by atoms with E-state index < -0.39 is 11.7 Å². The van der Waals surface area contributed by atoms with Gasteiger partial charge in [-0.15, -0.1) is 5.10 Å². The lowest BCUT2D eigenvalue weighted by Gasteiger charge is -2.24. The molecule has 3 aromatic rings. The molecule has 1 atom stereocenters. The van der Waals surface area contributed by atoms with Crippen LogP contribution in [-0.2, 0) is 23.9 Å². The van der Waals surface area contributed by atoms with E-state index in [1.165, 1.54) is 17.1 Å². The highest BCUT2D eigenvalue weighted by atomic mass is 19.4. The number of carbonyl (C=O) groups is 1. The van der Waals surface area contributed by atoms with Gasteiger partial charge in [-0.3, -0.25) is 9.78 Å². The second-order valence-electron chi connectivity index (χ2n) is 7.53. The molecule has 0 saturated carbocycles. The summed E-state index contributed by atoms with van der Waals surface area (Å²) in [5, 5.41) is 10.9. The quantitative estimate of drug-likeness (QED) is 0.599. The Morgan fingerprint density at radius 2 is 2.03 bits per heavy atom. The van der Waals surface area contributed by atoms with Crippen molar-refractivity contribution in [1.82, 2.24) is 30.1 Å². The van der Waals surface area contributed by atoms with Crippen molar-refractivity contribution in [3.05, 3.63) is 71.3 Å². The number of nitrogens with zero attached hydrogens (tertiary/aromatic N) is 6. The summed E-state index contributed by atoms with van der Waals surface area (Å²) in [6, 6.07) is 8.95. The zero-order valence-electron chi connectivity index (χ0n) is 16.7. The normalized spacial score (nSPS) is 16.6. The van der Waals surface area contributed by atoms with Gasteiger partial charge in [0.2, 0.25) is 5.91 Å². The van der Waals surface area contributed by atoms with Crippen LogP contribution in [0.1, 0.15) is 47.7 Å². The van der Waals surface area contributed by atoms with Crippen LogP contribution in [0, 0.1) is 0 Å². The minimum atomic E-state index is -4.36. The van der Waals surface area contributed by atoms with E-state index in [1.807, 2.05) is 17.0 Å². The maximum absolute atomic E-state index is 12.9. The van der Waals surface area contributed by atoms with Gasteiger partial charge in [-0.2, -0.15) is 13.2 Å². The van der Waals surface area contributed by atoms with E-state index in [1.54, 1.807) is 12.3 Å². The molecule has 7 nitrogen and oxygen atoms in total. The average molecular weight is 430 g/mol. The minimum Gasteiger partial charge on any atom is -0.334 e. The third-order valence-corrected chi connectivity index (χ3v) is 5.37. The summed E-state index contributed by atoms with van der Waals surface area (Å²) >= 11 is 0. The topological polar surface area (TPSA) is 76.8 Å². The maximum atomic E-state index is 12.9. The van der Waals surface area contributed by atoms with Crippen LogP contribution in [0.15, 0.2) is 48.9 Å². The number of amides is 1. The second-order valence-corrected chi connectivity index (χ2v) is 7.53. The number of pyridine rings is 1. The Hall–Kier alpha value is -3.30. The highest BCUT2D eigenvalue weighted by Gasteiger charge is 2.31. The van der Waals surface area contributed by atoms with Crippen LogP contribution in [0.4, 0.5) is 13.2 Å². The molecule has 1 fully saturated rings. The molecule has 0 radical (unpaired) electrons. The molecule has 1 saturated heterocycles. The van der Waals surface area contributed by atoms with Gasteiger partial charge in [-0.1, -0.05) is 24.3 Å². The number of hydrogen-bond donors (Lipinski definition) is 0. The Kier molecular flexibility index (Phi) is 5.97. The molecule has 1 aliphatic heterocycles. The summed E-state index contributed by atoms with van der Waals surface area (Å²) in [5.41, 5.74) is 1.53. The number of rotatable bonds is 6. The number of likely N-dealkylation sites (tertiary alicyclic amines) is 1. The van der Waals surface area contributed by atoms with E-state index >= 15 is 0 Å². The van der Waals surface area contributed by atoms with Crippen LogP contribution < -0.4 is 0 Å². The second kappa shape index (κ2) is 8.83. The average Bonchev–Trinajstić information content (AvgIpc) is 3.44. The molecule has 31 heavy (non-hydrogen) atoms. The molecular formula is C21H21F3N6O. The Bertz CT molecular complexity index is 1020. The zero-order valence-corrected chi connectivity index (χ0v) is 16.7. The van der Waals surface area contributed by atoms with E-state index in [9.17, 15) is 18.0 Å². The number of tetrazole rings is 1. The summed E-state index contributed by atoms with van der Waals surface area (Å²) < 4.78 is 40.3. The molecule has 2 aromatic heterocycles. The van der Waals surface area contributed by atoms with Crippen molar-refractivity contribution in [2.75, 3.05) is 6.54 Å². The highest BCUT2D eigenvalue weighted by Crippen LogP contribution is 2.32. The van der Waals surface area contributed by atoms with Crippen LogP contribution in [0.5, 0.6) is 0 Å². The van der Waals surface area contributed by atoms with Crippen LogP contribution in [-0.4, -0.2) is 42.5 Å². The lowest BCUT2D eigenvalue weighted by molar-refractivity contribution is -0.137. The Balaban J connectivity index is 1.40. The third kappa shape index (κ3) is 5.07. The summed E-state index contributed by atoms with van der Waals surface area (Å²) in [5.74, 6) is 0.0212. The van der Waals surface area contributed by atoms with Crippen molar-refractivity contribution in [2.45, 2.75) is 44.4 Å². The van der Waals surface area contributed by atoms with Gasteiger partial charge in [0.1, 0.15) is 6.33 Å². The first-order chi connectivity index (χ1) is 14.9. The summed E-state index contributed by atoms with van der Waals surface area (Å²) in [6.45, 7) is 1.09. The number of benzene rings is 1. The van der Waals surface area contributed by atoms with Gasteiger partial charge in [-0.05, 0) is 52.9 Å². The fourth-order valence-corrected chi connectivity index (χ4v) is 3.84. The minimum absolute atomic E-state index is 0.0212. The van der Waals surface area contributed by atoms with Gasteiger partial charge in [0.15, 0.2) is 0 Å². The van der Waals surface area contributed by atoms with Crippen molar-refractivity contribution in [1.29, 1.82) is 0 Å². The number of alkyl halides is 3. The van der Waals surface area contributed by atoms with Gasteiger partial charge >= 0.3 is 6.18 Å². The SMILES string of the molecule is O=C(CCn1cnnn1)N1CCC[C@H]1c1ccc(Cc2cccc(C(F)(F)F)c2)cn1. The van der Waals surface area contributed by atoms with Crippen LogP contribution in [0.25, 0.3) is 0 Å². The Morgan fingerprint density at radius 1 is 1.16 bits per heavy atom. The van der Waals surface area contributed by atoms with E-state index in [4.69, 9.17) is 0 Å². The predicted molar refractivity (Wildman–Crippen MR) is 105 cm³/mol. The van der Waals surface area contributed by atoms with E-state index in [-0.39, 0.29) is 11.9 Å². The van der Waals surface area contributed by atoms with E-state index in [0.29, 0.717) is 31.5 Å². The first-order valence-electron chi connectivity index (χ1n) is 10.0. The van der Waals surface area contributed by atoms with Crippen molar-refractivity contribution in [3.8, 4) is 0 Å². The number of aromatic nitrogens is 5. The molecule has 3 heterocycles. The number of hydrogen-bond acceptors (Lipinski definition) is 5. The van der Waals surface area contributed by atoms with Gasteiger partial charge in [0.05, 0.1) is 23.8 Å². The standard InChI is InChI=1S/C21H21F3N6O/c22-21(23,24)17-4-1-3-15(12-17)11-16-6-7-18(25-13-16)19-5-2-9-30(19)20(31)8-10-29-14-26-27-28-29/h1,3-4,6-7,12-14,19H,2,5,8-11H2/t19-/m0/s1. The van der Waals surface area contributed by atoms with Crippen molar-refractivity contribution in [3.63, 3.8) is 0 Å². The zero-order chi connectivity index (χ0) is 21.8. The molecule has 0 bridgehead atoms. The fourth-order valence-electron chi connectivity index (χ4n) is 3.84. The maximum Gasteiger partial charge on any atom is 0.416 e. The smallest absolute Gasteiger partial charge is 0.334 e. The predicted octanol–water partition coefficient (Wildman–Crippen LogP) is 3.43. The molecular weight excluding hydrogens is 409 g/mol. The molecule has 4 rings (SSSR count). The Morgan fingerprint density at radius 3 is 2.74 bits per heavy atom. The van der Waals surface area contributed by atoms with E-state index in [0.717, 1.165) is 36.2 Å². The summed E-state index contributed by atoms with van der Waals surface area (Å²) in [4.78, 5) is 19.0. The van der Waals surface area contributed by atoms with Gasteiger partial charge in [-0.25, -0.2) is 4.68 Å². The molecule has 0 spiro atoms. The van der Waals surface area contributed by atoms with Crippen LogP contribution in [0.3, 0.4) is 0 Å². The number of halogens is 3. The van der Waals surface area contributed by atoms with Gasteiger partial charge in [0, 0.05) is 19.2 Å². The van der Waals surface area contributed by atoms with Crippen LogP contribution >= 0.6 is 0 Å². The fraction of sp³-hybridized carbons (Fsp3) is 0.381. The van der Waals surface area contributed by atoms with Crippen molar-refractivity contribution in [2.24, 2.45) is 0 Å². The molecule has 0 aliphatic carbocycles. The van der Waals surface area contributed by atoms with Crippen LogP contribution in [0.2, 0.25) is 0 Å². The first kappa shape index (κ1) is 21.0. The summed E-state index contributed by atoms with van der Waals surface area (Å²) in [6.07, 6.45) is 1.18. The molecule has 162 valence electrons. The number of carbonyl (C=O) groups excluding carboxylic acids is 1. The summed E-state index contributed by atoms with van der Waals surface area (Å²) in [7, 11) is 0. The lowest BCUT2D eigenvalue weighted by atomic mass is 10.0. The highest BCUT2D eigenvalue weighted by molar-refractivity contribution is 5.76. The Labute approximate surface area is 176 Å². The molecule has 10 heteroatoms. The van der Waals surface area contributed by atoms with E-state index in [2.05, 4.69) is 20.5 Å². The molecule has 0 N–H and O–H groups in total. The van der Waals surface area contributed by atoms with Gasteiger partial charge < -0.3 is 4.90 Å². The number of aryl methyl sites for hydroxylation is 1.